The molecule has 1 saturated heterocycles. The van der Waals surface area contributed by atoms with Crippen molar-refractivity contribution < 1.29 is 30.6 Å². The first-order chi connectivity index (χ1) is 7.51. The first-order valence-electron chi connectivity index (χ1n) is 5.11. The molecule has 0 aromatic heterocycles. The molecule has 1 aliphatic heterocycles. The highest BCUT2D eigenvalue weighted by Crippen LogP contribution is 2.24. The lowest BCUT2D eigenvalue weighted by Gasteiger charge is -2.17. The third kappa shape index (κ3) is 3.07. The molecular weight excluding hydrogens is 236 g/mol. The van der Waals surface area contributed by atoms with Crippen LogP contribution in [0, 0.1) is 0 Å². The largest absolute Gasteiger partial charge is 0.394 e. The molecule has 0 aliphatic carbocycles. The zero-order chi connectivity index (χ0) is 12.3. The normalized spacial score (nSPS) is 38.6. The zero-order valence-corrected chi connectivity index (χ0v) is 9.62. The van der Waals surface area contributed by atoms with Crippen LogP contribution in [0.5, 0.6) is 0 Å². The summed E-state index contributed by atoms with van der Waals surface area (Å²) in [6.45, 7) is -0.795. The Bertz CT molecular complexity index is 216. The molecule has 0 aromatic rings. The Hall–Kier alpha value is 0.110. The van der Waals surface area contributed by atoms with Gasteiger partial charge in [0.2, 0.25) is 0 Å². The predicted octanol–water partition coefficient (Wildman–Crippen LogP) is -3.58. The molecule has 1 rings (SSSR count). The van der Waals surface area contributed by atoms with Crippen LogP contribution in [0.1, 0.15) is 0 Å². The molecule has 1 unspecified atom stereocenters. The van der Waals surface area contributed by atoms with Crippen LogP contribution in [-0.4, -0.2) is 85.0 Å². The van der Waals surface area contributed by atoms with E-state index in [-0.39, 0.29) is 12.4 Å². The van der Waals surface area contributed by atoms with Crippen molar-refractivity contribution in [2.75, 3.05) is 24.7 Å². The summed E-state index contributed by atoms with van der Waals surface area (Å²) in [6, 6.07) is 0. The molecule has 1 fully saturated rings. The molecule has 0 radical (unpaired) electrons. The van der Waals surface area contributed by atoms with Crippen molar-refractivity contribution in [2.45, 2.75) is 29.7 Å². The minimum atomic E-state index is -1.22. The second-order valence-corrected chi connectivity index (χ2v) is 6.31. The summed E-state index contributed by atoms with van der Waals surface area (Å²) in [7, 11) is -0.549. The third-order valence-corrected chi connectivity index (χ3v) is 5.61. The van der Waals surface area contributed by atoms with E-state index < -0.39 is 47.2 Å². The molecule has 7 heteroatoms. The molecule has 0 amide bonds. The van der Waals surface area contributed by atoms with Crippen molar-refractivity contribution >= 4 is 10.9 Å². The summed E-state index contributed by atoms with van der Waals surface area (Å²) in [6.07, 6.45) is -4.19. The van der Waals surface area contributed by atoms with Crippen LogP contribution in [-0.2, 0) is 10.9 Å². The fraction of sp³-hybridized carbons (Fsp3) is 1.00. The standard InChI is InChI=1S/C9H19O6S/c10-1-5(12)6(13)3-16-4-7(14)9(15)8(16)2-11/h5-15H,1-4H2/q+1/t5-,6-,7-,8-,9+,16?/m1/s1. The molecule has 1 heterocycles. The van der Waals surface area contributed by atoms with Crippen LogP contribution in [0.15, 0.2) is 0 Å². The molecule has 0 spiro atoms. The summed E-state index contributed by atoms with van der Waals surface area (Å²) in [5.74, 6) is 0.475. The molecule has 0 aromatic carbocycles. The second kappa shape index (κ2) is 6.15. The number of hydrogen-bond acceptors (Lipinski definition) is 6. The predicted molar refractivity (Wildman–Crippen MR) is 59.1 cm³/mol. The molecular formula is C9H19O6S+. The van der Waals surface area contributed by atoms with E-state index in [1.165, 1.54) is 0 Å². The van der Waals surface area contributed by atoms with E-state index in [9.17, 15) is 20.4 Å². The fourth-order valence-corrected chi connectivity index (χ4v) is 4.46. The Morgan fingerprint density at radius 1 is 1.12 bits per heavy atom. The van der Waals surface area contributed by atoms with Crippen molar-refractivity contribution in [3.63, 3.8) is 0 Å². The SMILES string of the molecule is OC[C@@H](O)[C@H](O)C[S+]1C[C@@H](O)[C@H](O)[C@H]1CO. The van der Waals surface area contributed by atoms with Crippen LogP contribution in [0.4, 0.5) is 0 Å². The molecule has 1 aliphatic rings. The van der Waals surface area contributed by atoms with Crippen molar-refractivity contribution in [1.82, 2.24) is 0 Å². The van der Waals surface area contributed by atoms with E-state index in [2.05, 4.69) is 0 Å². The smallest absolute Gasteiger partial charge is 0.169 e. The summed E-state index contributed by atoms with van der Waals surface area (Å²) >= 11 is 0. The molecule has 96 valence electrons. The van der Waals surface area contributed by atoms with E-state index >= 15 is 0 Å². The molecule has 6 atom stereocenters. The average molecular weight is 255 g/mol. The van der Waals surface area contributed by atoms with Gasteiger partial charge in [-0.2, -0.15) is 0 Å². The summed E-state index contributed by atoms with van der Waals surface area (Å²) < 4.78 is 0. The highest BCUT2D eigenvalue weighted by Gasteiger charge is 2.50. The first kappa shape index (κ1) is 14.2. The van der Waals surface area contributed by atoms with Crippen molar-refractivity contribution in [2.24, 2.45) is 0 Å². The lowest BCUT2D eigenvalue weighted by molar-refractivity contribution is -0.00229. The third-order valence-electron chi connectivity index (χ3n) is 2.78. The topological polar surface area (TPSA) is 121 Å². The summed E-state index contributed by atoms with van der Waals surface area (Å²) in [5.41, 5.74) is 0. The van der Waals surface area contributed by atoms with Gasteiger partial charge in [-0.3, -0.25) is 0 Å². The maximum Gasteiger partial charge on any atom is 0.169 e. The van der Waals surface area contributed by atoms with Crippen LogP contribution >= 0.6 is 0 Å². The lowest BCUT2D eigenvalue weighted by Crippen LogP contribution is -2.40. The van der Waals surface area contributed by atoms with Crippen molar-refractivity contribution in [3.05, 3.63) is 0 Å². The first-order valence-corrected chi connectivity index (χ1v) is 6.74. The fourth-order valence-electron chi connectivity index (χ4n) is 1.74. The van der Waals surface area contributed by atoms with E-state index in [1.807, 2.05) is 0 Å². The van der Waals surface area contributed by atoms with Gasteiger partial charge >= 0.3 is 0 Å². The highest BCUT2D eigenvalue weighted by atomic mass is 32.2. The van der Waals surface area contributed by atoms with Crippen molar-refractivity contribution in [3.8, 4) is 0 Å². The Balaban J connectivity index is 2.53. The Morgan fingerprint density at radius 3 is 2.25 bits per heavy atom. The van der Waals surface area contributed by atoms with Gasteiger partial charge in [0.05, 0.1) is 13.2 Å². The molecule has 0 bridgehead atoms. The minimum Gasteiger partial charge on any atom is -0.394 e. The Morgan fingerprint density at radius 2 is 1.75 bits per heavy atom. The Kier molecular flexibility index (Phi) is 5.45. The minimum absolute atomic E-state index is 0.168. The number of aliphatic hydroxyl groups excluding tert-OH is 6. The van der Waals surface area contributed by atoms with Crippen molar-refractivity contribution in [1.29, 1.82) is 0 Å². The van der Waals surface area contributed by atoms with E-state index in [4.69, 9.17) is 10.2 Å². The van der Waals surface area contributed by atoms with Crippen LogP contribution in [0.25, 0.3) is 0 Å². The molecule has 0 saturated carbocycles. The molecule has 6 N–H and O–H groups in total. The lowest BCUT2D eigenvalue weighted by atomic mass is 10.2. The quantitative estimate of drug-likeness (QED) is 0.282. The maximum atomic E-state index is 9.54. The zero-order valence-electron chi connectivity index (χ0n) is 8.81. The van der Waals surface area contributed by atoms with E-state index in [0.29, 0.717) is 5.75 Å². The van der Waals surface area contributed by atoms with Gasteiger partial charge in [0, 0.05) is 10.9 Å². The summed E-state index contributed by atoms with van der Waals surface area (Å²) in [4.78, 5) is 0. The maximum absolute atomic E-state index is 9.54. The Labute approximate surface area is 96.5 Å². The van der Waals surface area contributed by atoms with Crippen LogP contribution in [0.3, 0.4) is 0 Å². The second-order valence-electron chi connectivity index (χ2n) is 3.97. The van der Waals surface area contributed by atoms with Gasteiger partial charge in [0.1, 0.15) is 35.9 Å². The van der Waals surface area contributed by atoms with E-state index in [1.54, 1.807) is 0 Å². The van der Waals surface area contributed by atoms with Gasteiger partial charge in [0.15, 0.2) is 5.25 Å². The van der Waals surface area contributed by atoms with Gasteiger partial charge in [-0.15, -0.1) is 0 Å². The number of hydrogen-bond donors (Lipinski definition) is 6. The van der Waals surface area contributed by atoms with Gasteiger partial charge in [-0.1, -0.05) is 0 Å². The van der Waals surface area contributed by atoms with Gasteiger partial charge in [-0.05, 0) is 0 Å². The van der Waals surface area contributed by atoms with Crippen LogP contribution < -0.4 is 0 Å². The average Bonchev–Trinajstić information content (AvgIpc) is 2.53. The number of rotatable bonds is 5. The number of aliphatic hydroxyl groups is 6. The molecule has 6 nitrogen and oxygen atoms in total. The van der Waals surface area contributed by atoms with Gasteiger partial charge < -0.3 is 30.6 Å². The van der Waals surface area contributed by atoms with E-state index in [0.717, 1.165) is 0 Å². The van der Waals surface area contributed by atoms with Crippen LogP contribution in [0.2, 0.25) is 0 Å². The molecule has 16 heavy (non-hydrogen) atoms. The summed E-state index contributed by atoms with van der Waals surface area (Å²) in [5, 5.41) is 54.9. The van der Waals surface area contributed by atoms with Gasteiger partial charge in [-0.25, -0.2) is 0 Å². The van der Waals surface area contributed by atoms with Gasteiger partial charge in [0.25, 0.3) is 0 Å². The monoisotopic (exact) mass is 255 g/mol. The highest BCUT2D eigenvalue weighted by molar-refractivity contribution is 7.97.